The molecule has 3 N–H and O–H groups in total. The number of carbonyl (C=O) groups is 1. The molecule has 5 nitrogen and oxygen atoms in total. The van der Waals surface area contributed by atoms with Gasteiger partial charge in [0.2, 0.25) is 5.91 Å². The summed E-state index contributed by atoms with van der Waals surface area (Å²) in [5.41, 5.74) is 1.39. The molecule has 0 bridgehead atoms. The summed E-state index contributed by atoms with van der Waals surface area (Å²) in [6.45, 7) is 5.92. The number of unbranched alkanes of at least 4 members (excludes halogenated alkanes) is 1. The van der Waals surface area contributed by atoms with Crippen LogP contribution < -0.4 is 5.32 Å². The molecule has 2 aliphatic rings. The summed E-state index contributed by atoms with van der Waals surface area (Å²) in [7, 11) is 3.57. The van der Waals surface area contributed by atoms with Gasteiger partial charge in [0.25, 0.3) is 0 Å². The summed E-state index contributed by atoms with van der Waals surface area (Å²) in [5.74, 6) is 1.67. The van der Waals surface area contributed by atoms with Gasteiger partial charge in [-0.3, -0.25) is 4.79 Å². The molecule has 0 saturated heterocycles. The molecule has 1 amide bonds. The van der Waals surface area contributed by atoms with E-state index in [4.69, 9.17) is 0 Å². The van der Waals surface area contributed by atoms with E-state index in [9.17, 15) is 15.0 Å². The monoisotopic (exact) mass is 406 g/mol. The second-order valence-electron chi connectivity index (χ2n) is 9.39. The van der Waals surface area contributed by atoms with Gasteiger partial charge in [-0.05, 0) is 37.0 Å². The number of nitrogens with one attached hydrogen (secondary N) is 1. The molecule has 166 valence electrons. The molecule has 0 aromatic rings. The van der Waals surface area contributed by atoms with E-state index < -0.39 is 6.10 Å². The molecule has 0 aliphatic heterocycles. The summed E-state index contributed by atoms with van der Waals surface area (Å²) in [6, 6.07) is 0. The third-order valence-corrected chi connectivity index (χ3v) is 6.57. The first-order chi connectivity index (χ1) is 13.8. The van der Waals surface area contributed by atoms with E-state index >= 15 is 0 Å². The third kappa shape index (κ3) is 7.54. The summed E-state index contributed by atoms with van der Waals surface area (Å²) < 4.78 is 0. The van der Waals surface area contributed by atoms with Crippen LogP contribution >= 0.6 is 0 Å². The van der Waals surface area contributed by atoms with Crippen molar-refractivity contribution in [1.29, 1.82) is 0 Å². The lowest BCUT2D eigenvalue weighted by Gasteiger charge is -2.19. The molecule has 1 fully saturated rings. The number of hydrogen-bond acceptors (Lipinski definition) is 4. The van der Waals surface area contributed by atoms with E-state index in [2.05, 4.69) is 31.3 Å². The number of hydrogen-bond donors (Lipinski definition) is 3. The van der Waals surface area contributed by atoms with Crippen LogP contribution in [0, 0.1) is 23.7 Å². The second kappa shape index (κ2) is 11.9. The summed E-state index contributed by atoms with van der Waals surface area (Å²) in [4.78, 5) is 13.3. The SMILES string of the molecule is CCCC[C@H](C)C[C@H](O)/C=C/[C@@H]1[C@H]2CC(CNCCC(=O)N(C)C)=C[C@H]2C[C@H]1O. The van der Waals surface area contributed by atoms with Gasteiger partial charge in [-0.15, -0.1) is 0 Å². The second-order valence-corrected chi connectivity index (χ2v) is 9.39. The van der Waals surface area contributed by atoms with Gasteiger partial charge in [0.15, 0.2) is 0 Å². The van der Waals surface area contributed by atoms with Gasteiger partial charge in [-0.2, -0.15) is 0 Å². The molecule has 0 aromatic heterocycles. The first-order valence-corrected chi connectivity index (χ1v) is 11.5. The van der Waals surface area contributed by atoms with Crippen molar-refractivity contribution in [3.63, 3.8) is 0 Å². The Morgan fingerprint density at radius 3 is 2.86 bits per heavy atom. The quantitative estimate of drug-likeness (QED) is 0.344. The predicted octanol–water partition coefficient (Wildman–Crippen LogP) is 3.13. The molecule has 0 aromatic carbocycles. The molecule has 0 spiro atoms. The zero-order valence-corrected chi connectivity index (χ0v) is 18.8. The molecule has 2 rings (SSSR count). The van der Waals surface area contributed by atoms with Crippen LogP contribution in [0.1, 0.15) is 58.8 Å². The van der Waals surface area contributed by atoms with Crippen molar-refractivity contribution < 1.29 is 15.0 Å². The van der Waals surface area contributed by atoms with Crippen LogP contribution in [0.3, 0.4) is 0 Å². The number of aliphatic hydroxyl groups excluding tert-OH is 2. The predicted molar refractivity (Wildman–Crippen MR) is 118 cm³/mol. The molecular formula is C24H42N2O3. The maximum atomic E-state index is 11.6. The Bertz CT molecular complexity index is 572. The van der Waals surface area contributed by atoms with E-state index in [-0.39, 0.29) is 17.9 Å². The lowest BCUT2D eigenvalue weighted by molar-refractivity contribution is -0.128. The minimum Gasteiger partial charge on any atom is -0.392 e. The minimum atomic E-state index is -0.419. The van der Waals surface area contributed by atoms with Gasteiger partial charge in [0, 0.05) is 39.5 Å². The third-order valence-electron chi connectivity index (χ3n) is 6.57. The van der Waals surface area contributed by atoms with Gasteiger partial charge < -0.3 is 20.4 Å². The Hall–Kier alpha value is -1.17. The van der Waals surface area contributed by atoms with Crippen LogP contribution in [0.4, 0.5) is 0 Å². The molecular weight excluding hydrogens is 364 g/mol. The Balaban J connectivity index is 1.77. The smallest absolute Gasteiger partial charge is 0.223 e. The highest BCUT2D eigenvalue weighted by Crippen LogP contribution is 2.47. The lowest BCUT2D eigenvalue weighted by atomic mass is 9.88. The summed E-state index contributed by atoms with van der Waals surface area (Å²) in [6.07, 6.45) is 12.3. The van der Waals surface area contributed by atoms with Gasteiger partial charge >= 0.3 is 0 Å². The van der Waals surface area contributed by atoms with Crippen LogP contribution in [0.5, 0.6) is 0 Å². The molecule has 5 heteroatoms. The van der Waals surface area contributed by atoms with Crippen molar-refractivity contribution >= 4 is 5.91 Å². The Labute approximate surface area is 177 Å². The Morgan fingerprint density at radius 2 is 2.17 bits per heavy atom. The van der Waals surface area contributed by atoms with Crippen LogP contribution in [0.25, 0.3) is 0 Å². The van der Waals surface area contributed by atoms with Crippen LogP contribution in [0.2, 0.25) is 0 Å². The summed E-state index contributed by atoms with van der Waals surface area (Å²) in [5, 5.41) is 24.2. The van der Waals surface area contributed by atoms with E-state index in [1.807, 2.05) is 6.08 Å². The Morgan fingerprint density at radius 1 is 1.41 bits per heavy atom. The molecule has 1 saturated carbocycles. The number of carbonyl (C=O) groups excluding carboxylic acids is 1. The molecule has 6 atom stereocenters. The molecule has 0 heterocycles. The zero-order valence-electron chi connectivity index (χ0n) is 18.8. The van der Waals surface area contributed by atoms with Crippen molar-refractivity contribution in [2.45, 2.75) is 71.0 Å². The highest BCUT2D eigenvalue weighted by Gasteiger charge is 2.43. The number of amides is 1. The molecule has 2 aliphatic carbocycles. The van der Waals surface area contributed by atoms with Gasteiger partial charge in [0.05, 0.1) is 12.2 Å². The number of rotatable bonds is 12. The van der Waals surface area contributed by atoms with Gasteiger partial charge in [-0.1, -0.05) is 56.9 Å². The van der Waals surface area contributed by atoms with Crippen LogP contribution in [-0.2, 0) is 4.79 Å². The molecule has 0 radical (unpaired) electrons. The van der Waals surface area contributed by atoms with E-state index in [0.29, 0.717) is 30.7 Å². The van der Waals surface area contributed by atoms with E-state index in [0.717, 1.165) is 25.8 Å². The van der Waals surface area contributed by atoms with Crippen molar-refractivity contribution in [2.24, 2.45) is 23.7 Å². The van der Waals surface area contributed by atoms with Crippen LogP contribution in [0.15, 0.2) is 23.8 Å². The summed E-state index contributed by atoms with van der Waals surface area (Å²) >= 11 is 0. The largest absolute Gasteiger partial charge is 0.392 e. The first kappa shape index (κ1) is 24.1. The maximum Gasteiger partial charge on any atom is 0.223 e. The number of nitrogens with zero attached hydrogens (tertiary/aromatic N) is 1. The fourth-order valence-corrected chi connectivity index (χ4v) is 4.82. The first-order valence-electron chi connectivity index (χ1n) is 11.5. The van der Waals surface area contributed by atoms with E-state index in [1.54, 1.807) is 19.0 Å². The number of allylic oxidation sites excluding steroid dienone is 1. The highest BCUT2D eigenvalue weighted by molar-refractivity contribution is 5.75. The standard InChI is InChI=1S/C24H42N2O3/c1-5-6-7-17(2)12-20(27)8-9-21-22-14-18(13-19(22)15-23(21)28)16-25-11-10-24(29)26(3)4/h8-9,13,17,19-23,25,27-28H,5-7,10-12,14-16H2,1-4H3/b9-8+/t17-,19-,20+,21+,22-,23+/m0/s1. The fraction of sp³-hybridized carbons (Fsp3) is 0.792. The zero-order chi connectivity index (χ0) is 21.4. The van der Waals surface area contributed by atoms with Crippen molar-refractivity contribution in [1.82, 2.24) is 10.2 Å². The topological polar surface area (TPSA) is 72.8 Å². The fourth-order valence-electron chi connectivity index (χ4n) is 4.82. The lowest BCUT2D eigenvalue weighted by Crippen LogP contribution is -2.27. The highest BCUT2D eigenvalue weighted by atomic mass is 16.3. The number of aliphatic hydroxyl groups is 2. The Kier molecular flexibility index (Phi) is 9.87. The van der Waals surface area contributed by atoms with Gasteiger partial charge in [0.1, 0.15) is 0 Å². The van der Waals surface area contributed by atoms with Crippen molar-refractivity contribution in [2.75, 3.05) is 27.2 Å². The van der Waals surface area contributed by atoms with Gasteiger partial charge in [-0.25, -0.2) is 0 Å². The average Bonchev–Trinajstić information content (AvgIpc) is 3.17. The van der Waals surface area contributed by atoms with Crippen molar-refractivity contribution in [3.8, 4) is 0 Å². The maximum absolute atomic E-state index is 11.6. The normalized spacial score (nSPS) is 28.4. The van der Waals surface area contributed by atoms with Crippen LogP contribution in [-0.4, -0.2) is 60.4 Å². The number of fused-ring (bicyclic) bond motifs is 1. The molecule has 29 heavy (non-hydrogen) atoms. The average molecular weight is 407 g/mol. The molecule has 0 unspecified atom stereocenters. The van der Waals surface area contributed by atoms with E-state index in [1.165, 1.54) is 24.8 Å². The van der Waals surface area contributed by atoms with Crippen molar-refractivity contribution in [3.05, 3.63) is 23.8 Å². The minimum absolute atomic E-state index is 0.129.